The van der Waals surface area contributed by atoms with Crippen LogP contribution in [0, 0.1) is 37.9 Å². The maximum absolute atomic E-state index is 13.3. The van der Waals surface area contributed by atoms with Gasteiger partial charge in [-0.05, 0) is 85.5 Å². The summed E-state index contributed by atoms with van der Waals surface area (Å²) in [5, 5.41) is 10.9. The van der Waals surface area contributed by atoms with Crippen molar-refractivity contribution in [2.45, 2.75) is 33.3 Å². The molecule has 45 heavy (non-hydrogen) atoms. The van der Waals surface area contributed by atoms with Gasteiger partial charge in [0.1, 0.15) is 41.1 Å². The monoisotopic (exact) mass is 604 g/mol. The van der Waals surface area contributed by atoms with E-state index in [4.69, 9.17) is 29.1 Å². The van der Waals surface area contributed by atoms with E-state index in [1.165, 1.54) is 19.2 Å². The Balaban J connectivity index is 1.28. The third-order valence-electron chi connectivity index (χ3n) is 7.97. The van der Waals surface area contributed by atoms with Gasteiger partial charge in [0.2, 0.25) is 11.6 Å². The molecule has 0 amide bonds. The molecular formula is C36H29FN2O6. The van der Waals surface area contributed by atoms with Gasteiger partial charge in [0.05, 0.1) is 13.0 Å². The summed E-state index contributed by atoms with van der Waals surface area (Å²) >= 11 is 0. The number of carbonyl (C=O) groups is 1. The van der Waals surface area contributed by atoms with Gasteiger partial charge in [0, 0.05) is 22.6 Å². The van der Waals surface area contributed by atoms with Gasteiger partial charge in [0.25, 0.3) is 0 Å². The molecule has 226 valence electrons. The molecule has 0 radical (unpaired) electrons. The number of methoxy groups -OCH3 is 1. The molecule has 1 aliphatic heterocycles. The number of allylic oxidation sites excluding steroid dienone is 1. The molecule has 0 fully saturated rings. The van der Waals surface area contributed by atoms with Crippen LogP contribution in [0.2, 0.25) is 0 Å². The second-order valence-electron chi connectivity index (χ2n) is 10.8. The second kappa shape index (κ2) is 11.7. The molecule has 8 nitrogen and oxygen atoms in total. The van der Waals surface area contributed by atoms with Gasteiger partial charge >= 0.3 is 5.97 Å². The number of hydrogen-bond donors (Lipinski definition) is 1. The molecule has 5 aromatic rings. The number of ether oxygens (including phenoxy) is 4. The molecule has 1 aromatic heterocycles. The van der Waals surface area contributed by atoms with Gasteiger partial charge in [-0.3, -0.25) is 0 Å². The smallest absolute Gasteiger partial charge is 0.379 e. The van der Waals surface area contributed by atoms with Crippen molar-refractivity contribution in [3.63, 3.8) is 0 Å². The summed E-state index contributed by atoms with van der Waals surface area (Å²) in [7, 11) is 1.52. The molecular weight excluding hydrogens is 575 g/mol. The zero-order valence-corrected chi connectivity index (χ0v) is 25.1. The Bertz CT molecular complexity index is 2040. The summed E-state index contributed by atoms with van der Waals surface area (Å²) in [6.07, 6.45) is 0. The molecule has 1 aliphatic rings. The number of nitrogens with zero attached hydrogens (tertiary/aromatic N) is 1. The van der Waals surface area contributed by atoms with Crippen LogP contribution in [0.15, 0.2) is 88.7 Å². The summed E-state index contributed by atoms with van der Waals surface area (Å²) in [4.78, 5) is 13.2. The SMILES string of the molecule is COc1cc(C2C(C#N)=C(N)Oc3cc(OC(=O)c4oc5cc(C)c(C)cc5c4C)ccc32)ccc1OCc1ccc(F)cc1. The van der Waals surface area contributed by atoms with Crippen LogP contribution in [0.1, 0.15) is 49.9 Å². The maximum Gasteiger partial charge on any atom is 0.379 e. The lowest BCUT2D eigenvalue weighted by Gasteiger charge is -2.27. The number of halogens is 1. The van der Waals surface area contributed by atoms with E-state index in [0.717, 1.165) is 22.1 Å². The van der Waals surface area contributed by atoms with Crippen LogP contribution in [-0.4, -0.2) is 13.1 Å². The molecule has 6 rings (SSSR count). The lowest BCUT2D eigenvalue weighted by molar-refractivity contribution is 0.0702. The first-order valence-electron chi connectivity index (χ1n) is 14.2. The average molecular weight is 605 g/mol. The molecule has 0 aliphatic carbocycles. The fourth-order valence-corrected chi connectivity index (χ4v) is 5.39. The van der Waals surface area contributed by atoms with E-state index < -0.39 is 11.9 Å². The largest absolute Gasteiger partial charge is 0.493 e. The fourth-order valence-electron chi connectivity index (χ4n) is 5.39. The molecule has 2 heterocycles. The summed E-state index contributed by atoms with van der Waals surface area (Å²) in [5.74, 6) is -0.0298. The first kappa shape index (κ1) is 29.3. The van der Waals surface area contributed by atoms with E-state index in [1.807, 2.05) is 39.0 Å². The van der Waals surface area contributed by atoms with E-state index in [1.54, 1.807) is 42.5 Å². The molecule has 4 aromatic carbocycles. The Morgan fingerprint density at radius 2 is 1.73 bits per heavy atom. The highest BCUT2D eigenvalue weighted by molar-refractivity contribution is 5.97. The van der Waals surface area contributed by atoms with Gasteiger partial charge in [-0.1, -0.05) is 24.3 Å². The molecule has 0 spiro atoms. The van der Waals surface area contributed by atoms with E-state index in [2.05, 4.69) is 6.07 Å². The highest BCUT2D eigenvalue weighted by Gasteiger charge is 2.32. The van der Waals surface area contributed by atoms with Crippen LogP contribution in [0.4, 0.5) is 4.39 Å². The predicted octanol–water partition coefficient (Wildman–Crippen LogP) is 7.52. The Hall–Kier alpha value is -5.75. The minimum atomic E-state index is -0.645. The summed E-state index contributed by atoms with van der Waals surface area (Å²) < 4.78 is 42.2. The fraction of sp³-hybridized carbons (Fsp3) is 0.167. The van der Waals surface area contributed by atoms with Gasteiger partial charge < -0.3 is 29.1 Å². The second-order valence-corrected chi connectivity index (χ2v) is 10.8. The standard InChI is InChI=1S/C36H29FN2O6/c1-19-13-27-21(3)34(44-30(27)14-20(19)2)36(40)43-25-10-11-26-31(16-25)45-35(39)28(17-38)33(26)23-7-12-29(32(15-23)41-4)42-18-22-5-8-24(37)9-6-22/h5-16,33H,18,39H2,1-4H3. The number of fused-ring (bicyclic) bond motifs is 2. The minimum absolute atomic E-state index is 0.0621. The van der Waals surface area contributed by atoms with Crippen molar-refractivity contribution in [1.29, 1.82) is 5.26 Å². The number of nitrogens with two attached hydrogens (primary N) is 1. The summed E-state index contributed by atoms with van der Waals surface area (Å²) in [6.45, 7) is 6.02. The van der Waals surface area contributed by atoms with E-state index in [-0.39, 0.29) is 35.4 Å². The quantitative estimate of drug-likeness (QED) is 0.150. The normalized spacial score (nSPS) is 14.0. The van der Waals surface area contributed by atoms with E-state index >= 15 is 0 Å². The van der Waals surface area contributed by atoms with Crippen molar-refractivity contribution in [2.24, 2.45) is 5.73 Å². The topological polar surface area (TPSA) is 117 Å². The Kier molecular flexibility index (Phi) is 7.65. The lowest BCUT2D eigenvalue weighted by Crippen LogP contribution is -2.21. The number of rotatable bonds is 7. The lowest BCUT2D eigenvalue weighted by atomic mass is 9.83. The van der Waals surface area contributed by atoms with Crippen molar-refractivity contribution >= 4 is 16.9 Å². The average Bonchev–Trinajstić information content (AvgIpc) is 3.34. The van der Waals surface area contributed by atoms with E-state index in [9.17, 15) is 14.4 Å². The van der Waals surface area contributed by atoms with Crippen molar-refractivity contribution in [3.05, 3.63) is 129 Å². The Morgan fingerprint density at radius 1 is 0.978 bits per heavy atom. The van der Waals surface area contributed by atoms with Crippen LogP contribution in [-0.2, 0) is 6.61 Å². The number of carbonyl (C=O) groups excluding carboxylic acids is 1. The van der Waals surface area contributed by atoms with Gasteiger partial charge in [0.15, 0.2) is 11.5 Å². The summed E-state index contributed by atoms with van der Waals surface area (Å²) in [5.41, 5.74) is 12.0. The van der Waals surface area contributed by atoms with Crippen LogP contribution < -0.4 is 24.7 Å². The summed E-state index contributed by atoms with van der Waals surface area (Å²) in [6, 6.07) is 22.4. The zero-order chi connectivity index (χ0) is 31.8. The third kappa shape index (κ3) is 5.54. The van der Waals surface area contributed by atoms with Crippen LogP contribution in [0.5, 0.6) is 23.0 Å². The van der Waals surface area contributed by atoms with E-state index in [0.29, 0.717) is 39.5 Å². The van der Waals surface area contributed by atoms with Gasteiger partial charge in [-0.15, -0.1) is 0 Å². The molecule has 1 atom stereocenters. The molecule has 0 saturated carbocycles. The van der Waals surface area contributed by atoms with Crippen molar-refractivity contribution < 1.29 is 32.5 Å². The number of nitriles is 1. The molecule has 0 saturated heterocycles. The molecule has 9 heteroatoms. The highest BCUT2D eigenvalue weighted by atomic mass is 19.1. The number of esters is 1. The van der Waals surface area contributed by atoms with Gasteiger partial charge in [-0.2, -0.15) is 5.26 Å². The minimum Gasteiger partial charge on any atom is -0.493 e. The maximum atomic E-state index is 13.3. The Morgan fingerprint density at radius 3 is 2.47 bits per heavy atom. The number of aryl methyl sites for hydroxylation is 3. The first-order chi connectivity index (χ1) is 21.7. The van der Waals surface area contributed by atoms with Crippen LogP contribution in [0.25, 0.3) is 11.0 Å². The van der Waals surface area contributed by atoms with Crippen molar-refractivity contribution in [3.8, 4) is 29.1 Å². The first-order valence-corrected chi connectivity index (χ1v) is 14.2. The van der Waals surface area contributed by atoms with Gasteiger partial charge in [-0.25, -0.2) is 9.18 Å². The van der Waals surface area contributed by atoms with Crippen molar-refractivity contribution in [2.75, 3.05) is 7.11 Å². The zero-order valence-electron chi connectivity index (χ0n) is 25.1. The number of furan rings is 1. The Labute approximate surface area is 259 Å². The van der Waals surface area contributed by atoms with Crippen LogP contribution in [0.3, 0.4) is 0 Å². The number of hydrogen-bond acceptors (Lipinski definition) is 8. The highest BCUT2D eigenvalue weighted by Crippen LogP contribution is 2.45. The number of benzene rings is 4. The third-order valence-corrected chi connectivity index (χ3v) is 7.97. The van der Waals surface area contributed by atoms with Crippen LogP contribution >= 0.6 is 0 Å². The molecule has 0 bridgehead atoms. The molecule has 1 unspecified atom stereocenters. The molecule has 2 N–H and O–H groups in total. The van der Waals surface area contributed by atoms with Crippen molar-refractivity contribution in [1.82, 2.24) is 0 Å². The predicted molar refractivity (Wildman–Crippen MR) is 165 cm³/mol.